The largest absolute Gasteiger partial charge is 0.453 e. The predicted octanol–water partition coefficient (Wildman–Crippen LogP) is 3.48. The number of nitrogens with one attached hydrogen (secondary N) is 2. The van der Waals surface area contributed by atoms with Crippen LogP contribution in [0.4, 0.5) is 4.79 Å². The zero-order chi connectivity index (χ0) is 30.6. The lowest BCUT2D eigenvalue weighted by atomic mass is 10.0. The van der Waals surface area contributed by atoms with Gasteiger partial charge in [0.25, 0.3) is 0 Å². The molecule has 0 heterocycles. The zero-order valence-corrected chi connectivity index (χ0v) is 25.6. The number of halogens is 1. The van der Waals surface area contributed by atoms with E-state index < -0.39 is 34.1 Å². The second kappa shape index (κ2) is 16.7. The fraction of sp³-hybridized carbons (Fsp3) is 0.517. The number of nitrogens with zero attached hydrogens (tertiary/aromatic N) is 1. The maximum Gasteiger partial charge on any atom is 0.407 e. The van der Waals surface area contributed by atoms with Crippen LogP contribution in [0.25, 0.3) is 0 Å². The quantitative estimate of drug-likeness (QED) is 0.227. The lowest BCUT2D eigenvalue weighted by molar-refractivity contribution is -0.123. The minimum absolute atomic E-state index is 0.0195. The Kier molecular flexibility index (Phi) is 14.0. The van der Waals surface area contributed by atoms with E-state index in [4.69, 9.17) is 11.6 Å². The van der Waals surface area contributed by atoms with Crippen LogP contribution in [0.15, 0.2) is 53.4 Å². The molecule has 228 valence electrons. The maximum atomic E-state index is 13.5. The van der Waals surface area contributed by atoms with Crippen molar-refractivity contribution in [2.75, 3.05) is 20.3 Å². The van der Waals surface area contributed by atoms with Gasteiger partial charge in [0.1, 0.15) is 6.04 Å². The fourth-order valence-corrected chi connectivity index (χ4v) is 6.42. The summed E-state index contributed by atoms with van der Waals surface area (Å²) in [6, 6.07) is 11.2. The Hall–Kier alpha value is -2.70. The molecule has 41 heavy (non-hydrogen) atoms. The van der Waals surface area contributed by atoms with E-state index in [2.05, 4.69) is 15.4 Å². The lowest BCUT2D eigenvalue weighted by Crippen LogP contribution is -2.50. The average Bonchev–Trinajstić information content (AvgIpc) is 2.94. The van der Waals surface area contributed by atoms with Crippen LogP contribution >= 0.6 is 11.6 Å². The molecule has 2 amide bonds. The number of carbonyl (C=O) groups is 2. The standard InChI is InChI=1S/C29H42ClN3O7S/c1-20(2)17-33(41(38,39)25-14-12-22(18-34)13-15-25)24(19-35)10-7-8-21(3)31-28(36)27(32-29(37)40-4)16-23-9-5-6-11-26(23)30/h5-6,9,11-15,20-21,24,27,34-35H,7-8,10,16-19H2,1-4H3,(H,31,36)(H,32,37)/t21-,24-,27-/m0/s1. The summed E-state index contributed by atoms with van der Waals surface area (Å²) in [6.45, 7) is 5.32. The second-order valence-corrected chi connectivity index (χ2v) is 12.7. The van der Waals surface area contributed by atoms with Gasteiger partial charge in [0, 0.05) is 30.1 Å². The zero-order valence-electron chi connectivity index (χ0n) is 24.0. The van der Waals surface area contributed by atoms with E-state index in [0.29, 0.717) is 35.4 Å². The minimum atomic E-state index is -3.90. The lowest BCUT2D eigenvalue weighted by Gasteiger charge is -2.31. The smallest absolute Gasteiger partial charge is 0.407 e. The van der Waals surface area contributed by atoms with Crippen molar-refractivity contribution in [3.8, 4) is 0 Å². The Morgan fingerprint density at radius 2 is 1.66 bits per heavy atom. The Balaban J connectivity index is 2.06. The number of rotatable bonds is 16. The molecule has 10 nitrogen and oxygen atoms in total. The summed E-state index contributed by atoms with van der Waals surface area (Å²) in [5, 5.41) is 25.4. The summed E-state index contributed by atoms with van der Waals surface area (Å²) in [4.78, 5) is 25.1. The van der Waals surface area contributed by atoms with E-state index in [1.54, 1.807) is 36.4 Å². The predicted molar refractivity (Wildman–Crippen MR) is 158 cm³/mol. The van der Waals surface area contributed by atoms with Crippen LogP contribution in [0, 0.1) is 5.92 Å². The number of benzene rings is 2. The van der Waals surface area contributed by atoms with Crippen molar-refractivity contribution < 1.29 is 33.0 Å². The van der Waals surface area contributed by atoms with Crippen LogP contribution in [0.1, 0.15) is 51.2 Å². The van der Waals surface area contributed by atoms with Crippen LogP contribution in [-0.2, 0) is 32.6 Å². The first kappa shape index (κ1) is 34.5. The minimum Gasteiger partial charge on any atom is -0.453 e. The fourth-order valence-electron chi connectivity index (χ4n) is 4.40. The highest BCUT2D eigenvalue weighted by Crippen LogP contribution is 2.23. The Morgan fingerprint density at radius 3 is 2.22 bits per heavy atom. The highest BCUT2D eigenvalue weighted by molar-refractivity contribution is 7.89. The highest BCUT2D eigenvalue weighted by Gasteiger charge is 2.32. The summed E-state index contributed by atoms with van der Waals surface area (Å²) in [5.74, 6) is -0.386. The number of amides is 2. The number of carbonyl (C=O) groups excluding carboxylic acids is 2. The normalized spacial score (nSPS) is 14.0. The molecule has 0 saturated heterocycles. The number of methoxy groups -OCH3 is 1. The Labute approximate surface area is 248 Å². The van der Waals surface area contributed by atoms with Gasteiger partial charge in [-0.25, -0.2) is 13.2 Å². The van der Waals surface area contributed by atoms with Gasteiger partial charge in [0.15, 0.2) is 0 Å². The van der Waals surface area contributed by atoms with Crippen LogP contribution in [0.2, 0.25) is 5.02 Å². The van der Waals surface area contributed by atoms with E-state index in [1.165, 1.54) is 23.5 Å². The number of aliphatic hydroxyl groups excluding tert-OH is 2. The SMILES string of the molecule is COC(=O)N[C@@H](Cc1ccccc1Cl)C(=O)N[C@@H](C)CCC[C@@H](CO)N(CC(C)C)S(=O)(=O)c1ccc(CO)cc1. The molecule has 0 fully saturated rings. The third-order valence-corrected chi connectivity index (χ3v) is 8.92. The first-order valence-electron chi connectivity index (χ1n) is 13.6. The van der Waals surface area contributed by atoms with Gasteiger partial charge in [-0.1, -0.05) is 55.8 Å². The summed E-state index contributed by atoms with van der Waals surface area (Å²) >= 11 is 6.25. The van der Waals surface area contributed by atoms with Crippen molar-refractivity contribution in [2.24, 2.45) is 5.92 Å². The molecule has 2 aromatic rings. The monoisotopic (exact) mass is 611 g/mol. The molecule has 0 aliphatic carbocycles. The molecule has 12 heteroatoms. The van der Waals surface area contributed by atoms with Gasteiger partial charge in [0.2, 0.25) is 15.9 Å². The number of alkyl carbamates (subject to hydrolysis) is 1. The summed E-state index contributed by atoms with van der Waals surface area (Å²) in [6.07, 6.45) is 0.843. The van der Waals surface area contributed by atoms with Gasteiger partial charge >= 0.3 is 6.09 Å². The number of hydrogen-bond donors (Lipinski definition) is 4. The van der Waals surface area contributed by atoms with Gasteiger partial charge in [-0.3, -0.25) is 4.79 Å². The summed E-state index contributed by atoms with van der Waals surface area (Å²) in [5.41, 5.74) is 1.30. The Bertz CT molecular complexity index is 1230. The van der Waals surface area contributed by atoms with Crippen LogP contribution in [0.5, 0.6) is 0 Å². The Morgan fingerprint density at radius 1 is 1.00 bits per heavy atom. The highest BCUT2D eigenvalue weighted by atomic mass is 35.5. The van der Waals surface area contributed by atoms with E-state index in [9.17, 15) is 28.2 Å². The first-order chi connectivity index (χ1) is 19.4. The van der Waals surface area contributed by atoms with Gasteiger partial charge in [-0.15, -0.1) is 0 Å². The van der Waals surface area contributed by atoms with E-state index in [-0.39, 0.29) is 43.0 Å². The van der Waals surface area contributed by atoms with Gasteiger partial charge in [0.05, 0.1) is 25.2 Å². The number of aliphatic hydroxyl groups is 2. The number of ether oxygens (including phenoxy) is 1. The molecule has 0 aliphatic rings. The summed E-state index contributed by atoms with van der Waals surface area (Å²) in [7, 11) is -2.69. The molecule has 0 saturated carbocycles. The van der Waals surface area contributed by atoms with E-state index >= 15 is 0 Å². The molecule has 0 radical (unpaired) electrons. The van der Waals surface area contributed by atoms with E-state index in [0.717, 1.165) is 0 Å². The van der Waals surface area contributed by atoms with Crippen LogP contribution in [-0.4, -0.2) is 73.3 Å². The van der Waals surface area contributed by atoms with Gasteiger partial charge in [-0.2, -0.15) is 4.31 Å². The van der Waals surface area contributed by atoms with Crippen molar-refractivity contribution in [3.05, 3.63) is 64.7 Å². The molecule has 0 aliphatic heterocycles. The molecule has 0 aromatic heterocycles. The third-order valence-electron chi connectivity index (χ3n) is 6.61. The molecular weight excluding hydrogens is 570 g/mol. The average molecular weight is 612 g/mol. The van der Waals surface area contributed by atoms with Gasteiger partial charge < -0.3 is 25.6 Å². The van der Waals surface area contributed by atoms with Crippen molar-refractivity contribution in [1.82, 2.24) is 14.9 Å². The van der Waals surface area contributed by atoms with Crippen molar-refractivity contribution in [2.45, 2.75) is 76.1 Å². The molecule has 3 atom stereocenters. The van der Waals surface area contributed by atoms with Crippen LogP contribution in [0.3, 0.4) is 0 Å². The van der Waals surface area contributed by atoms with E-state index in [1.807, 2.05) is 20.8 Å². The third kappa shape index (κ3) is 10.6. The second-order valence-electron chi connectivity index (χ2n) is 10.4. The first-order valence-corrected chi connectivity index (χ1v) is 15.4. The van der Waals surface area contributed by atoms with Crippen molar-refractivity contribution in [1.29, 1.82) is 0 Å². The molecule has 2 rings (SSSR count). The van der Waals surface area contributed by atoms with Crippen LogP contribution < -0.4 is 10.6 Å². The molecule has 0 unspecified atom stereocenters. The molecule has 4 N–H and O–H groups in total. The molecule has 2 aromatic carbocycles. The molecule has 0 bridgehead atoms. The number of hydrogen-bond acceptors (Lipinski definition) is 7. The van der Waals surface area contributed by atoms with Crippen molar-refractivity contribution >= 4 is 33.6 Å². The van der Waals surface area contributed by atoms with Crippen molar-refractivity contribution in [3.63, 3.8) is 0 Å². The maximum absolute atomic E-state index is 13.5. The molecular formula is C29H42ClN3O7S. The topological polar surface area (TPSA) is 145 Å². The summed E-state index contributed by atoms with van der Waals surface area (Å²) < 4.78 is 33.0. The molecule has 0 spiro atoms. The van der Waals surface area contributed by atoms with Gasteiger partial charge in [-0.05, 0) is 61.4 Å². The number of sulfonamides is 1.